The van der Waals surface area contributed by atoms with Gasteiger partial charge in [0.2, 0.25) is 0 Å². The molecule has 0 spiro atoms. The minimum atomic E-state index is 0.202. The zero-order valence-corrected chi connectivity index (χ0v) is 13.8. The second-order valence-electron chi connectivity index (χ2n) is 6.17. The molecule has 0 heterocycles. The Morgan fingerprint density at radius 1 is 1.20 bits per heavy atom. The van der Waals surface area contributed by atoms with E-state index < -0.39 is 0 Å². The van der Waals surface area contributed by atoms with Crippen LogP contribution in [0, 0.1) is 11.8 Å². The number of nitrogens with two attached hydrogens (primary N) is 1. The highest BCUT2D eigenvalue weighted by Crippen LogP contribution is 2.34. The van der Waals surface area contributed by atoms with Crippen LogP contribution in [-0.2, 0) is 6.42 Å². The van der Waals surface area contributed by atoms with Crippen molar-refractivity contribution in [2.75, 3.05) is 0 Å². The maximum absolute atomic E-state index is 6.42. The van der Waals surface area contributed by atoms with Crippen LogP contribution in [0.3, 0.4) is 0 Å². The summed E-state index contributed by atoms with van der Waals surface area (Å²) in [6.45, 7) is 2.28. The van der Waals surface area contributed by atoms with Crippen LogP contribution >= 0.6 is 23.2 Å². The SMILES string of the molecule is CCCC1CCC(C(N)Cc2cc(Cl)ccc2Cl)CC1. The zero-order valence-electron chi connectivity index (χ0n) is 12.2. The number of hydrogen-bond donors (Lipinski definition) is 1. The van der Waals surface area contributed by atoms with Crippen molar-refractivity contribution in [2.45, 2.75) is 57.9 Å². The van der Waals surface area contributed by atoms with Gasteiger partial charge in [-0.05, 0) is 54.9 Å². The lowest BCUT2D eigenvalue weighted by Gasteiger charge is -2.32. The minimum Gasteiger partial charge on any atom is -0.327 e. The van der Waals surface area contributed by atoms with Crippen molar-refractivity contribution in [2.24, 2.45) is 17.6 Å². The molecule has 1 atom stereocenters. The van der Waals surface area contributed by atoms with E-state index in [0.717, 1.165) is 27.9 Å². The van der Waals surface area contributed by atoms with E-state index in [1.165, 1.54) is 38.5 Å². The van der Waals surface area contributed by atoms with Crippen molar-refractivity contribution in [3.8, 4) is 0 Å². The Kier molecular flexibility index (Phi) is 6.20. The normalized spacial score (nSPS) is 24.6. The van der Waals surface area contributed by atoms with Gasteiger partial charge in [0.05, 0.1) is 0 Å². The van der Waals surface area contributed by atoms with Gasteiger partial charge in [-0.25, -0.2) is 0 Å². The van der Waals surface area contributed by atoms with Crippen LogP contribution in [0.25, 0.3) is 0 Å². The van der Waals surface area contributed by atoms with Crippen LogP contribution in [0.2, 0.25) is 10.0 Å². The summed E-state index contributed by atoms with van der Waals surface area (Å²) in [6.07, 6.45) is 8.74. The third-order valence-corrected chi connectivity index (χ3v) is 5.26. The fraction of sp³-hybridized carbons (Fsp3) is 0.647. The lowest BCUT2D eigenvalue weighted by atomic mass is 9.76. The second-order valence-corrected chi connectivity index (χ2v) is 7.02. The number of halogens is 2. The third kappa shape index (κ3) is 4.38. The fourth-order valence-electron chi connectivity index (χ4n) is 3.43. The molecular weight excluding hydrogens is 289 g/mol. The molecule has 2 rings (SSSR count). The summed E-state index contributed by atoms with van der Waals surface area (Å²) in [5.41, 5.74) is 7.50. The molecule has 1 aliphatic carbocycles. The Morgan fingerprint density at radius 3 is 2.55 bits per heavy atom. The van der Waals surface area contributed by atoms with Crippen molar-refractivity contribution >= 4 is 23.2 Å². The molecule has 20 heavy (non-hydrogen) atoms. The standard InChI is InChI=1S/C17H25Cl2N/c1-2-3-12-4-6-13(7-5-12)17(20)11-14-10-15(18)8-9-16(14)19/h8-10,12-13,17H,2-7,11,20H2,1H3. The first-order valence-electron chi connectivity index (χ1n) is 7.79. The van der Waals surface area contributed by atoms with E-state index in [1.807, 2.05) is 18.2 Å². The predicted molar refractivity (Wildman–Crippen MR) is 88.5 cm³/mol. The highest BCUT2D eigenvalue weighted by atomic mass is 35.5. The van der Waals surface area contributed by atoms with Crippen LogP contribution in [0.4, 0.5) is 0 Å². The third-order valence-electron chi connectivity index (χ3n) is 4.66. The molecule has 0 saturated heterocycles. The second kappa shape index (κ2) is 7.68. The Bertz CT molecular complexity index is 425. The van der Waals surface area contributed by atoms with E-state index >= 15 is 0 Å². The summed E-state index contributed by atoms with van der Waals surface area (Å²) in [5, 5.41) is 1.52. The van der Waals surface area contributed by atoms with Crippen molar-refractivity contribution < 1.29 is 0 Å². The van der Waals surface area contributed by atoms with Gasteiger partial charge in [0.25, 0.3) is 0 Å². The molecular formula is C17H25Cl2N. The smallest absolute Gasteiger partial charge is 0.0439 e. The van der Waals surface area contributed by atoms with E-state index in [1.54, 1.807) is 0 Å². The van der Waals surface area contributed by atoms with Crippen LogP contribution < -0.4 is 5.73 Å². The molecule has 3 heteroatoms. The first-order valence-corrected chi connectivity index (χ1v) is 8.55. The van der Waals surface area contributed by atoms with Crippen molar-refractivity contribution in [1.82, 2.24) is 0 Å². The molecule has 1 unspecified atom stereocenters. The summed E-state index contributed by atoms with van der Waals surface area (Å²) < 4.78 is 0. The van der Waals surface area contributed by atoms with E-state index in [9.17, 15) is 0 Å². The lowest BCUT2D eigenvalue weighted by molar-refractivity contribution is 0.232. The number of benzene rings is 1. The zero-order chi connectivity index (χ0) is 14.5. The minimum absolute atomic E-state index is 0.202. The van der Waals surface area contributed by atoms with Gasteiger partial charge in [0.15, 0.2) is 0 Å². The highest BCUT2D eigenvalue weighted by molar-refractivity contribution is 6.33. The molecule has 1 nitrogen and oxygen atoms in total. The average molecular weight is 314 g/mol. The summed E-state index contributed by atoms with van der Waals surface area (Å²) in [7, 11) is 0. The summed E-state index contributed by atoms with van der Waals surface area (Å²) in [4.78, 5) is 0. The summed E-state index contributed by atoms with van der Waals surface area (Å²) in [6, 6.07) is 5.85. The number of hydrogen-bond acceptors (Lipinski definition) is 1. The Balaban J connectivity index is 1.89. The van der Waals surface area contributed by atoms with Crippen molar-refractivity contribution in [3.05, 3.63) is 33.8 Å². The maximum Gasteiger partial charge on any atom is 0.0439 e. The Hall–Kier alpha value is -0.240. The molecule has 0 aromatic heterocycles. The molecule has 2 N–H and O–H groups in total. The van der Waals surface area contributed by atoms with Gasteiger partial charge in [-0.1, -0.05) is 55.8 Å². The van der Waals surface area contributed by atoms with Gasteiger partial charge in [-0.3, -0.25) is 0 Å². The van der Waals surface area contributed by atoms with Crippen LogP contribution in [0.1, 0.15) is 51.0 Å². The maximum atomic E-state index is 6.42. The lowest BCUT2D eigenvalue weighted by Crippen LogP contribution is -2.35. The molecule has 0 radical (unpaired) electrons. The molecule has 1 aromatic rings. The van der Waals surface area contributed by atoms with E-state index in [0.29, 0.717) is 5.92 Å². The van der Waals surface area contributed by atoms with Gasteiger partial charge in [-0.2, -0.15) is 0 Å². The van der Waals surface area contributed by atoms with E-state index in [-0.39, 0.29) is 6.04 Å². The number of rotatable bonds is 5. The molecule has 1 saturated carbocycles. The summed E-state index contributed by atoms with van der Waals surface area (Å²) >= 11 is 12.3. The van der Waals surface area contributed by atoms with E-state index in [4.69, 9.17) is 28.9 Å². The van der Waals surface area contributed by atoms with Crippen LogP contribution in [0.5, 0.6) is 0 Å². The highest BCUT2D eigenvalue weighted by Gasteiger charge is 2.25. The Morgan fingerprint density at radius 2 is 1.90 bits per heavy atom. The quantitative estimate of drug-likeness (QED) is 0.766. The van der Waals surface area contributed by atoms with Gasteiger partial charge in [0, 0.05) is 16.1 Å². The molecule has 1 aliphatic rings. The van der Waals surface area contributed by atoms with Gasteiger partial charge in [0.1, 0.15) is 0 Å². The Labute approximate surface area is 132 Å². The van der Waals surface area contributed by atoms with Crippen LogP contribution in [0.15, 0.2) is 18.2 Å². The van der Waals surface area contributed by atoms with Gasteiger partial charge < -0.3 is 5.73 Å². The molecule has 112 valence electrons. The van der Waals surface area contributed by atoms with Gasteiger partial charge in [-0.15, -0.1) is 0 Å². The average Bonchev–Trinajstić information content (AvgIpc) is 2.44. The van der Waals surface area contributed by atoms with Crippen molar-refractivity contribution in [3.63, 3.8) is 0 Å². The summed E-state index contributed by atoms with van der Waals surface area (Å²) in [5.74, 6) is 1.57. The predicted octanol–water partition coefficient (Wildman–Crippen LogP) is 5.47. The fourth-order valence-corrected chi connectivity index (χ4v) is 3.82. The van der Waals surface area contributed by atoms with Crippen LogP contribution in [-0.4, -0.2) is 6.04 Å². The molecule has 1 aromatic carbocycles. The van der Waals surface area contributed by atoms with E-state index in [2.05, 4.69) is 6.92 Å². The molecule has 0 aliphatic heterocycles. The largest absolute Gasteiger partial charge is 0.327 e. The van der Waals surface area contributed by atoms with Crippen molar-refractivity contribution in [1.29, 1.82) is 0 Å². The molecule has 0 bridgehead atoms. The molecule has 1 fully saturated rings. The first kappa shape index (κ1) is 16.1. The first-order chi connectivity index (χ1) is 9.60. The molecule has 0 amide bonds. The van der Waals surface area contributed by atoms with Gasteiger partial charge >= 0.3 is 0 Å². The monoisotopic (exact) mass is 313 g/mol. The topological polar surface area (TPSA) is 26.0 Å².